The SMILES string of the molecule is O=C(NC1CC1)c1c(-c2ccccc2)csc1NC(=O)[C@H]1[C@@H](C(=O)O)[C@H]2C=C[C@@H]1C2. The first-order valence-corrected chi connectivity index (χ1v) is 11.1. The number of hydrogen-bond acceptors (Lipinski definition) is 4. The van der Waals surface area contributed by atoms with Gasteiger partial charge in [-0.2, -0.15) is 0 Å². The van der Waals surface area contributed by atoms with Crippen molar-refractivity contribution in [2.75, 3.05) is 5.32 Å². The van der Waals surface area contributed by atoms with Gasteiger partial charge in [-0.25, -0.2) is 0 Å². The van der Waals surface area contributed by atoms with E-state index in [2.05, 4.69) is 10.6 Å². The van der Waals surface area contributed by atoms with Crippen molar-refractivity contribution in [3.63, 3.8) is 0 Å². The van der Waals surface area contributed by atoms with E-state index in [0.29, 0.717) is 17.0 Å². The minimum atomic E-state index is -0.935. The largest absolute Gasteiger partial charge is 0.481 e. The fourth-order valence-corrected chi connectivity index (χ4v) is 5.67. The zero-order valence-electron chi connectivity index (χ0n) is 16.2. The van der Waals surface area contributed by atoms with E-state index in [9.17, 15) is 19.5 Å². The molecule has 3 aliphatic rings. The average molecular weight is 423 g/mol. The van der Waals surface area contributed by atoms with Gasteiger partial charge in [-0.1, -0.05) is 42.5 Å². The van der Waals surface area contributed by atoms with Crippen molar-refractivity contribution in [1.82, 2.24) is 5.32 Å². The molecule has 0 radical (unpaired) electrons. The molecule has 5 rings (SSSR count). The number of fused-ring (bicyclic) bond motifs is 2. The Kier molecular flexibility index (Phi) is 4.70. The van der Waals surface area contributed by atoms with Crippen molar-refractivity contribution in [2.24, 2.45) is 23.7 Å². The van der Waals surface area contributed by atoms with Gasteiger partial charge in [0.05, 0.1) is 17.4 Å². The van der Waals surface area contributed by atoms with E-state index < -0.39 is 17.8 Å². The van der Waals surface area contributed by atoms with Gasteiger partial charge in [0.25, 0.3) is 5.91 Å². The van der Waals surface area contributed by atoms with Crippen molar-refractivity contribution in [2.45, 2.75) is 25.3 Å². The van der Waals surface area contributed by atoms with E-state index in [4.69, 9.17) is 0 Å². The zero-order chi connectivity index (χ0) is 20.8. The second-order valence-electron chi connectivity index (χ2n) is 8.29. The van der Waals surface area contributed by atoms with Crippen LogP contribution in [0.25, 0.3) is 11.1 Å². The number of carboxylic acid groups (broad SMARTS) is 1. The molecule has 2 fully saturated rings. The van der Waals surface area contributed by atoms with Crippen LogP contribution in [0.5, 0.6) is 0 Å². The number of amides is 2. The van der Waals surface area contributed by atoms with Gasteiger partial charge >= 0.3 is 5.97 Å². The monoisotopic (exact) mass is 422 g/mol. The van der Waals surface area contributed by atoms with E-state index in [1.165, 1.54) is 11.3 Å². The highest BCUT2D eigenvalue weighted by Crippen LogP contribution is 2.49. The third-order valence-corrected chi connectivity index (χ3v) is 7.19. The van der Waals surface area contributed by atoms with Crippen molar-refractivity contribution in [1.29, 1.82) is 0 Å². The van der Waals surface area contributed by atoms with Crippen LogP contribution in [0.15, 0.2) is 47.9 Å². The van der Waals surface area contributed by atoms with Crippen LogP contribution in [0, 0.1) is 23.7 Å². The molecule has 3 aliphatic carbocycles. The zero-order valence-corrected chi connectivity index (χ0v) is 17.0. The molecule has 1 aromatic heterocycles. The van der Waals surface area contributed by atoms with Crippen LogP contribution in [0.3, 0.4) is 0 Å². The predicted octanol–water partition coefficient (Wildman–Crippen LogP) is 3.77. The van der Waals surface area contributed by atoms with E-state index in [1.807, 2.05) is 47.9 Å². The number of anilines is 1. The summed E-state index contributed by atoms with van der Waals surface area (Å²) < 4.78 is 0. The van der Waals surface area contributed by atoms with Gasteiger partial charge in [0, 0.05) is 17.0 Å². The fourth-order valence-electron chi connectivity index (χ4n) is 4.70. The van der Waals surface area contributed by atoms with Crippen LogP contribution in [0.2, 0.25) is 0 Å². The van der Waals surface area contributed by atoms with Gasteiger partial charge in [0.1, 0.15) is 5.00 Å². The summed E-state index contributed by atoms with van der Waals surface area (Å²) in [5.74, 6) is -2.93. The van der Waals surface area contributed by atoms with Crippen LogP contribution in [-0.2, 0) is 9.59 Å². The Balaban J connectivity index is 1.46. The molecule has 7 heteroatoms. The van der Waals surface area contributed by atoms with E-state index in [1.54, 1.807) is 0 Å². The molecule has 0 unspecified atom stereocenters. The summed E-state index contributed by atoms with van der Waals surface area (Å²) in [6, 6.07) is 9.79. The lowest BCUT2D eigenvalue weighted by molar-refractivity contribution is -0.146. The summed E-state index contributed by atoms with van der Waals surface area (Å²) in [6.07, 6.45) is 6.51. The first kappa shape index (κ1) is 19.1. The quantitative estimate of drug-likeness (QED) is 0.618. The Morgan fingerprint density at radius 1 is 1.00 bits per heavy atom. The number of benzene rings is 1. The van der Waals surface area contributed by atoms with Crippen molar-refractivity contribution in [3.05, 3.63) is 53.4 Å². The normalized spacial score (nSPS) is 26.5. The van der Waals surface area contributed by atoms with Crippen LogP contribution in [-0.4, -0.2) is 28.9 Å². The number of carbonyl (C=O) groups is 3. The number of rotatable bonds is 6. The Morgan fingerprint density at radius 2 is 1.70 bits per heavy atom. The highest BCUT2D eigenvalue weighted by Gasteiger charge is 2.51. The number of hydrogen-bond donors (Lipinski definition) is 3. The van der Waals surface area contributed by atoms with E-state index in [-0.39, 0.29) is 29.7 Å². The summed E-state index contributed by atoms with van der Waals surface area (Å²) in [5, 5.41) is 17.9. The maximum Gasteiger partial charge on any atom is 0.307 e. The number of aliphatic carboxylic acids is 1. The molecule has 6 nitrogen and oxygen atoms in total. The number of carbonyl (C=O) groups excluding carboxylic acids is 2. The minimum Gasteiger partial charge on any atom is -0.481 e. The smallest absolute Gasteiger partial charge is 0.307 e. The lowest BCUT2D eigenvalue weighted by atomic mass is 9.82. The molecule has 1 aromatic carbocycles. The third-order valence-electron chi connectivity index (χ3n) is 6.30. The molecule has 2 aromatic rings. The second kappa shape index (κ2) is 7.40. The fraction of sp³-hybridized carbons (Fsp3) is 0.348. The van der Waals surface area contributed by atoms with Crippen LogP contribution in [0.4, 0.5) is 5.00 Å². The Morgan fingerprint density at radius 3 is 2.37 bits per heavy atom. The van der Waals surface area contributed by atoms with E-state index >= 15 is 0 Å². The molecule has 0 saturated heterocycles. The predicted molar refractivity (Wildman–Crippen MR) is 114 cm³/mol. The van der Waals surface area contributed by atoms with Crippen LogP contribution >= 0.6 is 11.3 Å². The lowest BCUT2D eigenvalue weighted by Gasteiger charge is -2.23. The third kappa shape index (κ3) is 3.33. The number of carboxylic acids is 1. The van der Waals surface area contributed by atoms with Gasteiger partial charge in [0.15, 0.2) is 0 Å². The topological polar surface area (TPSA) is 95.5 Å². The lowest BCUT2D eigenvalue weighted by Crippen LogP contribution is -2.36. The first-order chi connectivity index (χ1) is 14.5. The number of nitrogens with one attached hydrogen (secondary N) is 2. The Hall–Kier alpha value is -2.93. The van der Waals surface area contributed by atoms with Gasteiger partial charge in [-0.15, -0.1) is 11.3 Å². The summed E-state index contributed by atoms with van der Waals surface area (Å²) in [7, 11) is 0. The van der Waals surface area contributed by atoms with Crippen molar-refractivity contribution in [3.8, 4) is 11.1 Å². The van der Waals surface area contributed by atoms with E-state index in [0.717, 1.165) is 24.0 Å². The number of allylic oxidation sites excluding steroid dienone is 2. The molecule has 0 spiro atoms. The van der Waals surface area contributed by atoms with Crippen LogP contribution < -0.4 is 10.6 Å². The molecular weight excluding hydrogens is 400 g/mol. The highest BCUT2D eigenvalue weighted by atomic mass is 32.1. The summed E-state index contributed by atoms with van der Waals surface area (Å²) in [4.78, 5) is 37.9. The Bertz CT molecular complexity index is 1040. The maximum atomic E-state index is 13.1. The molecule has 4 atom stereocenters. The molecule has 2 amide bonds. The molecule has 1 heterocycles. The van der Waals surface area contributed by atoms with Crippen molar-refractivity contribution >= 4 is 34.1 Å². The van der Waals surface area contributed by atoms with Gasteiger partial charge in [-0.05, 0) is 36.7 Å². The van der Waals surface area contributed by atoms with Crippen molar-refractivity contribution < 1.29 is 19.5 Å². The molecule has 3 N–H and O–H groups in total. The number of thiophene rings is 1. The second-order valence-corrected chi connectivity index (χ2v) is 9.17. The summed E-state index contributed by atoms with van der Waals surface area (Å²) in [5.41, 5.74) is 2.13. The minimum absolute atomic E-state index is 0.0617. The first-order valence-electron chi connectivity index (χ1n) is 10.2. The molecule has 2 saturated carbocycles. The highest BCUT2D eigenvalue weighted by molar-refractivity contribution is 7.15. The molecule has 30 heavy (non-hydrogen) atoms. The summed E-state index contributed by atoms with van der Waals surface area (Å²) >= 11 is 1.31. The standard InChI is InChI=1S/C23H22N2O4S/c26-20(17-13-6-7-14(10-13)18(17)23(28)29)25-22-19(21(27)24-15-8-9-15)16(11-30-22)12-4-2-1-3-5-12/h1-7,11,13-15,17-18H,8-10H2,(H,24,27)(H,25,26)(H,28,29)/t13-,14+,17-,18+/m1/s1. The average Bonchev–Trinajstić information content (AvgIpc) is 3.15. The van der Waals surface area contributed by atoms with Gasteiger partial charge < -0.3 is 15.7 Å². The summed E-state index contributed by atoms with van der Waals surface area (Å²) in [6.45, 7) is 0. The molecule has 2 bridgehead atoms. The van der Waals surface area contributed by atoms with Gasteiger partial charge in [-0.3, -0.25) is 14.4 Å². The van der Waals surface area contributed by atoms with Crippen LogP contribution in [0.1, 0.15) is 29.6 Å². The molecular formula is C23H22N2O4S. The molecule has 0 aliphatic heterocycles. The molecule has 154 valence electrons. The van der Waals surface area contributed by atoms with Gasteiger partial charge in [0.2, 0.25) is 5.91 Å². The maximum absolute atomic E-state index is 13.1. The Labute approximate surface area is 178 Å².